The predicted octanol–water partition coefficient (Wildman–Crippen LogP) is 2.00. The lowest BCUT2D eigenvalue weighted by molar-refractivity contribution is 0.112. The Morgan fingerprint density at radius 3 is 2.92 bits per heavy atom. The second-order valence-electron chi connectivity index (χ2n) is 6.51. The molecule has 0 spiro atoms. The number of hydrogen-bond acceptors (Lipinski definition) is 5. The molecule has 1 fully saturated rings. The number of pyridine rings is 1. The molecule has 6 heteroatoms. The van der Waals surface area contributed by atoms with Gasteiger partial charge in [0.2, 0.25) is 5.88 Å². The molecule has 6 nitrogen and oxygen atoms in total. The molecule has 2 atom stereocenters. The fraction of sp³-hybridized carbons (Fsp3) is 0.556. The molecular formula is C18H27N5O. The zero-order valence-corrected chi connectivity index (χ0v) is 14.8. The standard InChI is InChI=1S/C18H27N5O/c1-22-11-5-6-14(18(22)16-9-10-20-23(16)2)12-19-13-15-7-4-8-17(21-15)24-3/h4,7-10,14,18-19H,5-6,11-13H2,1-3H3/t14-,18+/m0/s1. The third-order valence-electron chi connectivity index (χ3n) is 4.87. The maximum absolute atomic E-state index is 5.19. The molecule has 2 aromatic rings. The second-order valence-corrected chi connectivity index (χ2v) is 6.51. The van der Waals surface area contributed by atoms with Crippen molar-refractivity contribution in [1.29, 1.82) is 0 Å². The fourth-order valence-electron chi connectivity index (χ4n) is 3.67. The summed E-state index contributed by atoms with van der Waals surface area (Å²) < 4.78 is 7.19. The van der Waals surface area contributed by atoms with Crippen LogP contribution in [0.4, 0.5) is 0 Å². The van der Waals surface area contributed by atoms with Crippen molar-refractivity contribution in [2.75, 3.05) is 27.2 Å². The molecule has 3 heterocycles. The third-order valence-corrected chi connectivity index (χ3v) is 4.87. The van der Waals surface area contributed by atoms with E-state index in [0.717, 1.165) is 25.3 Å². The Bertz CT molecular complexity index is 656. The van der Waals surface area contributed by atoms with Crippen LogP contribution in [-0.4, -0.2) is 46.9 Å². The predicted molar refractivity (Wildman–Crippen MR) is 93.8 cm³/mol. The number of hydrogen-bond donors (Lipinski definition) is 1. The molecule has 1 N–H and O–H groups in total. The molecule has 0 saturated carbocycles. The SMILES string of the molecule is COc1cccc(CNC[C@@H]2CCCN(C)[C@H]2c2ccnn2C)n1. The summed E-state index contributed by atoms with van der Waals surface area (Å²) in [6.45, 7) is 2.87. The van der Waals surface area contributed by atoms with E-state index in [4.69, 9.17) is 4.74 Å². The monoisotopic (exact) mass is 329 g/mol. The van der Waals surface area contributed by atoms with Gasteiger partial charge in [0, 0.05) is 32.4 Å². The van der Waals surface area contributed by atoms with E-state index in [-0.39, 0.29) is 0 Å². The van der Waals surface area contributed by atoms with E-state index in [0.29, 0.717) is 17.8 Å². The van der Waals surface area contributed by atoms with Crippen LogP contribution >= 0.6 is 0 Å². The Balaban J connectivity index is 1.63. The molecule has 0 bridgehead atoms. The number of ether oxygens (including phenoxy) is 1. The third kappa shape index (κ3) is 3.76. The molecule has 0 amide bonds. The average molecular weight is 329 g/mol. The van der Waals surface area contributed by atoms with Crippen LogP contribution in [0.3, 0.4) is 0 Å². The van der Waals surface area contributed by atoms with Crippen LogP contribution in [0.2, 0.25) is 0 Å². The topological polar surface area (TPSA) is 55.2 Å². The van der Waals surface area contributed by atoms with Crippen LogP contribution in [0.5, 0.6) is 5.88 Å². The van der Waals surface area contributed by atoms with Gasteiger partial charge in [-0.2, -0.15) is 5.10 Å². The minimum atomic E-state index is 0.414. The van der Waals surface area contributed by atoms with Crippen molar-refractivity contribution in [2.45, 2.75) is 25.4 Å². The van der Waals surface area contributed by atoms with Gasteiger partial charge in [-0.3, -0.25) is 9.58 Å². The Kier molecular flexibility index (Phi) is 5.48. The van der Waals surface area contributed by atoms with Gasteiger partial charge < -0.3 is 10.1 Å². The summed E-state index contributed by atoms with van der Waals surface area (Å²) in [6.07, 6.45) is 4.37. The number of likely N-dealkylation sites (tertiary alicyclic amines) is 1. The summed E-state index contributed by atoms with van der Waals surface area (Å²) in [5.74, 6) is 1.24. The van der Waals surface area contributed by atoms with Gasteiger partial charge in [0.15, 0.2) is 0 Å². The number of aromatic nitrogens is 3. The first kappa shape index (κ1) is 16.9. The van der Waals surface area contributed by atoms with Crippen molar-refractivity contribution in [3.8, 4) is 5.88 Å². The molecule has 1 aliphatic rings. The molecule has 0 unspecified atom stereocenters. The summed E-state index contributed by atoms with van der Waals surface area (Å²) in [7, 11) is 5.89. The number of methoxy groups -OCH3 is 1. The van der Waals surface area contributed by atoms with E-state index >= 15 is 0 Å². The van der Waals surface area contributed by atoms with Crippen LogP contribution in [0.15, 0.2) is 30.5 Å². The van der Waals surface area contributed by atoms with Gasteiger partial charge in [0.1, 0.15) is 0 Å². The van der Waals surface area contributed by atoms with E-state index in [9.17, 15) is 0 Å². The fourth-order valence-corrected chi connectivity index (χ4v) is 3.67. The van der Waals surface area contributed by atoms with Gasteiger partial charge in [0.05, 0.1) is 24.5 Å². The molecule has 0 aromatic carbocycles. The quantitative estimate of drug-likeness (QED) is 0.878. The van der Waals surface area contributed by atoms with E-state index in [1.165, 1.54) is 18.5 Å². The van der Waals surface area contributed by atoms with Crippen LogP contribution in [-0.2, 0) is 13.6 Å². The normalized spacial score (nSPS) is 21.8. The van der Waals surface area contributed by atoms with E-state index in [1.807, 2.05) is 36.1 Å². The summed E-state index contributed by atoms with van der Waals surface area (Å²) in [5.41, 5.74) is 2.30. The molecule has 1 saturated heterocycles. The van der Waals surface area contributed by atoms with Crippen molar-refractivity contribution < 1.29 is 4.74 Å². The van der Waals surface area contributed by atoms with Crippen molar-refractivity contribution in [1.82, 2.24) is 25.0 Å². The Labute approximate surface area is 143 Å². The van der Waals surface area contributed by atoms with E-state index in [2.05, 4.69) is 33.4 Å². The number of piperidine rings is 1. The van der Waals surface area contributed by atoms with Crippen LogP contribution in [0, 0.1) is 5.92 Å². The molecule has 0 aliphatic carbocycles. The van der Waals surface area contributed by atoms with Gasteiger partial charge in [-0.25, -0.2) is 4.98 Å². The zero-order valence-electron chi connectivity index (χ0n) is 14.8. The average Bonchev–Trinajstić information content (AvgIpc) is 3.01. The van der Waals surface area contributed by atoms with Gasteiger partial charge in [0.25, 0.3) is 0 Å². The highest BCUT2D eigenvalue weighted by atomic mass is 16.5. The number of rotatable bonds is 6. The van der Waals surface area contributed by atoms with Crippen LogP contribution < -0.4 is 10.1 Å². The van der Waals surface area contributed by atoms with Gasteiger partial charge in [-0.15, -0.1) is 0 Å². The van der Waals surface area contributed by atoms with Crippen molar-refractivity contribution in [3.05, 3.63) is 41.9 Å². The second kappa shape index (κ2) is 7.77. The van der Waals surface area contributed by atoms with Crippen LogP contribution in [0.1, 0.15) is 30.3 Å². The highest BCUT2D eigenvalue weighted by Crippen LogP contribution is 2.34. The molecule has 1 aliphatic heterocycles. The zero-order chi connectivity index (χ0) is 16.9. The summed E-state index contributed by atoms with van der Waals surface area (Å²) in [5, 5.41) is 7.93. The first-order chi connectivity index (χ1) is 11.7. The highest BCUT2D eigenvalue weighted by Gasteiger charge is 2.31. The van der Waals surface area contributed by atoms with Gasteiger partial charge >= 0.3 is 0 Å². The number of nitrogens with zero attached hydrogens (tertiary/aromatic N) is 4. The van der Waals surface area contributed by atoms with E-state index in [1.54, 1.807) is 7.11 Å². The van der Waals surface area contributed by atoms with Crippen molar-refractivity contribution in [3.63, 3.8) is 0 Å². The summed E-state index contributed by atoms with van der Waals surface area (Å²) in [4.78, 5) is 6.92. The Morgan fingerprint density at radius 1 is 1.29 bits per heavy atom. The minimum absolute atomic E-state index is 0.414. The molecular weight excluding hydrogens is 302 g/mol. The lowest BCUT2D eigenvalue weighted by Gasteiger charge is -2.39. The molecule has 3 rings (SSSR count). The lowest BCUT2D eigenvalue weighted by Crippen LogP contribution is -2.41. The van der Waals surface area contributed by atoms with Crippen molar-refractivity contribution in [2.24, 2.45) is 13.0 Å². The maximum atomic E-state index is 5.19. The number of nitrogens with one attached hydrogen (secondary N) is 1. The molecule has 130 valence electrons. The first-order valence-corrected chi connectivity index (χ1v) is 8.58. The Morgan fingerprint density at radius 2 is 2.17 bits per heavy atom. The highest BCUT2D eigenvalue weighted by molar-refractivity contribution is 5.15. The first-order valence-electron chi connectivity index (χ1n) is 8.58. The lowest BCUT2D eigenvalue weighted by atomic mass is 9.87. The van der Waals surface area contributed by atoms with Gasteiger partial charge in [-0.1, -0.05) is 6.07 Å². The van der Waals surface area contributed by atoms with Crippen molar-refractivity contribution >= 4 is 0 Å². The van der Waals surface area contributed by atoms with E-state index < -0.39 is 0 Å². The molecule has 24 heavy (non-hydrogen) atoms. The smallest absolute Gasteiger partial charge is 0.213 e. The summed E-state index contributed by atoms with van der Waals surface area (Å²) >= 11 is 0. The van der Waals surface area contributed by atoms with Crippen LogP contribution in [0.25, 0.3) is 0 Å². The largest absolute Gasteiger partial charge is 0.481 e. The number of aryl methyl sites for hydroxylation is 1. The molecule has 2 aromatic heterocycles. The molecule has 0 radical (unpaired) electrons. The Hall–Kier alpha value is -1.92. The maximum Gasteiger partial charge on any atom is 0.213 e. The van der Waals surface area contributed by atoms with Gasteiger partial charge in [-0.05, 0) is 44.5 Å². The summed E-state index contributed by atoms with van der Waals surface area (Å²) in [6, 6.07) is 8.44. The minimum Gasteiger partial charge on any atom is -0.481 e.